The Labute approximate surface area is 216 Å². The van der Waals surface area contributed by atoms with Crippen LogP contribution in [0, 0.1) is 20.8 Å². The summed E-state index contributed by atoms with van der Waals surface area (Å²) in [4.78, 5) is 27.9. The Morgan fingerprint density at radius 1 is 0.892 bits per heavy atom. The predicted octanol–water partition coefficient (Wildman–Crippen LogP) is 6.40. The zero-order chi connectivity index (χ0) is 25.9. The molecule has 5 rings (SSSR count). The minimum Gasteiger partial charge on any atom is -0.484 e. The molecule has 37 heavy (non-hydrogen) atoms. The normalized spacial score (nSPS) is 14.5. The molecule has 0 saturated heterocycles. The number of hydrogen-bond donors (Lipinski definition) is 2. The van der Waals surface area contributed by atoms with E-state index in [0.717, 1.165) is 33.8 Å². The third-order valence-electron chi connectivity index (χ3n) is 6.57. The van der Waals surface area contributed by atoms with Crippen LogP contribution in [0.15, 0.2) is 91.0 Å². The van der Waals surface area contributed by atoms with Crippen LogP contribution in [-0.4, -0.2) is 18.4 Å². The fourth-order valence-electron chi connectivity index (χ4n) is 4.40. The molecular formula is C31H29N3O3. The van der Waals surface area contributed by atoms with Gasteiger partial charge in [-0.25, -0.2) is 0 Å². The molecule has 2 N–H and O–H groups in total. The second kappa shape index (κ2) is 10.2. The number of ether oxygens (including phenoxy) is 1. The van der Waals surface area contributed by atoms with Crippen LogP contribution in [0.2, 0.25) is 0 Å². The first-order valence-corrected chi connectivity index (χ1v) is 12.2. The van der Waals surface area contributed by atoms with Gasteiger partial charge in [0.15, 0.2) is 6.61 Å². The van der Waals surface area contributed by atoms with Crippen molar-refractivity contribution >= 4 is 28.9 Å². The largest absolute Gasteiger partial charge is 0.484 e. The van der Waals surface area contributed by atoms with Crippen molar-refractivity contribution in [1.82, 2.24) is 0 Å². The summed E-state index contributed by atoms with van der Waals surface area (Å²) >= 11 is 0. The molecule has 4 aromatic rings. The molecule has 0 bridgehead atoms. The number of rotatable bonds is 6. The van der Waals surface area contributed by atoms with Gasteiger partial charge in [-0.3, -0.25) is 14.5 Å². The Morgan fingerprint density at radius 2 is 1.68 bits per heavy atom. The van der Waals surface area contributed by atoms with Gasteiger partial charge >= 0.3 is 0 Å². The van der Waals surface area contributed by atoms with Crippen LogP contribution in [0.4, 0.5) is 17.1 Å². The predicted molar refractivity (Wildman–Crippen MR) is 147 cm³/mol. The van der Waals surface area contributed by atoms with Crippen molar-refractivity contribution in [3.63, 3.8) is 0 Å². The molecule has 0 radical (unpaired) electrons. The zero-order valence-corrected chi connectivity index (χ0v) is 21.1. The molecular weight excluding hydrogens is 462 g/mol. The molecule has 0 unspecified atom stereocenters. The van der Waals surface area contributed by atoms with Crippen LogP contribution in [0.1, 0.15) is 38.8 Å². The molecule has 1 heterocycles. The second-order valence-corrected chi connectivity index (χ2v) is 9.31. The lowest BCUT2D eigenvalue weighted by atomic mass is 10.0. The first-order valence-electron chi connectivity index (χ1n) is 12.2. The Bertz CT molecular complexity index is 1460. The molecule has 0 aromatic heterocycles. The van der Waals surface area contributed by atoms with Gasteiger partial charge in [-0.15, -0.1) is 0 Å². The highest BCUT2D eigenvalue weighted by Gasteiger charge is 2.34. The molecule has 1 aliphatic heterocycles. The van der Waals surface area contributed by atoms with Crippen molar-refractivity contribution in [1.29, 1.82) is 0 Å². The number of nitrogens with zero attached hydrogens (tertiary/aromatic N) is 1. The summed E-state index contributed by atoms with van der Waals surface area (Å²) in [6, 6.07) is 28.7. The topological polar surface area (TPSA) is 70.7 Å². The summed E-state index contributed by atoms with van der Waals surface area (Å²) in [7, 11) is 0. The minimum absolute atomic E-state index is 0.0812. The van der Waals surface area contributed by atoms with Crippen molar-refractivity contribution in [2.75, 3.05) is 22.1 Å². The smallest absolute Gasteiger partial charge is 0.262 e. The number of aryl methyl sites for hydroxylation is 3. The van der Waals surface area contributed by atoms with E-state index in [9.17, 15) is 9.59 Å². The van der Waals surface area contributed by atoms with Gasteiger partial charge in [0, 0.05) is 17.1 Å². The van der Waals surface area contributed by atoms with Crippen molar-refractivity contribution in [3.05, 3.63) is 119 Å². The third kappa shape index (κ3) is 5.19. The number of hydrogen-bond acceptors (Lipinski definition) is 4. The summed E-state index contributed by atoms with van der Waals surface area (Å²) in [5.74, 6) is 0.224. The molecule has 1 atom stereocenters. The number of fused-ring (bicyclic) bond motifs is 1. The Kier molecular flexibility index (Phi) is 6.64. The Morgan fingerprint density at radius 3 is 2.46 bits per heavy atom. The van der Waals surface area contributed by atoms with E-state index in [4.69, 9.17) is 4.74 Å². The monoisotopic (exact) mass is 491 g/mol. The number of carbonyl (C=O) groups is 2. The van der Waals surface area contributed by atoms with Crippen LogP contribution in [-0.2, 0) is 4.79 Å². The van der Waals surface area contributed by atoms with Crippen LogP contribution in [0.3, 0.4) is 0 Å². The third-order valence-corrected chi connectivity index (χ3v) is 6.57. The van der Waals surface area contributed by atoms with E-state index in [-0.39, 0.29) is 18.4 Å². The van der Waals surface area contributed by atoms with Crippen molar-refractivity contribution in [3.8, 4) is 5.75 Å². The highest BCUT2D eigenvalue weighted by atomic mass is 16.5. The summed E-state index contributed by atoms with van der Waals surface area (Å²) < 4.78 is 5.84. The van der Waals surface area contributed by atoms with E-state index >= 15 is 0 Å². The quantitative estimate of drug-likeness (QED) is 0.327. The lowest BCUT2D eigenvalue weighted by Gasteiger charge is -2.38. The first kappa shape index (κ1) is 24.1. The number of nitrogens with one attached hydrogen (secondary N) is 2. The standard InChI is InChI=1S/C31H29N3O3/c1-20-11-15-25(16-12-20)34-30(33-28-10-5-4-9-27(28)31(34)36)23-7-6-8-26(18-23)37-19-29(35)32-24-14-13-21(2)22(3)17-24/h4-18,30,33H,19H2,1-3H3,(H,32,35)/t30-/m0/s1. The van der Waals surface area contributed by atoms with Crippen LogP contribution in [0.25, 0.3) is 0 Å². The number of para-hydroxylation sites is 1. The lowest BCUT2D eigenvalue weighted by Crippen LogP contribution is -2.43. The van der Waals surface area contributed by atoms with Crippen LogP contribution in [0.5, 0.6) is 5.75 Å². The van der Waals surface area contributed by atoms with Gasteiger partial charge in [0.2, 0.25) is 0 Å². The molecule has 4 aromatic carbocycles. The zero-order valence-electron chi connectivity index (χ0n) is 21.1. The average Bonchev–Trinajstić information content (AvgIpc) is 2.90. The second-order valence-electron chi connectivity index (χ2n) is 9.31. The number of amides is 2. The van der Waals surface area contributed by atoms with Gasteiger partial charge in [-0.2, -0.15) is 0 Å². The highest BCUT2D eigenvalue weighted by molar-refractivity contribution is 6.12. The van der Waals surface area contributed by atoms with Gasteiger partial charge in [0.25, 0.3) is 11.8 Å². The van der Waals surface area contributed by atoms with E-state index in [1.54, 1.807) is 4.90 Å². The van der Waals surface area contributed by atoms with E-state index < -0.39 is 6.17 Å². The van der Waals surface area contributed by atoms with Crippen molar-refractivity contribution in [2.24, 2.45) is 0 Å². The number of anilines is 3. The molecule has 0 spiro atoms. The van der Waals surface area contributed by atoms with E-state index in [2.05, 4.69) is 10.6 Å². The number of carbonyl (C=O) groups excluding carboxylic acids is 2. The number of benzene rings is 4. The minimum atomic E-state index is -0.446. The van der Waals surface area contributed by atoms with Gasteiger partial charge in [0.05, 0.1) is 5.56 Å². The van der Waals surface area contributed by atoms with Crippen LogP contribution < -0.4 is 20.3 Å². The average molecular weight is 492 g/mol. The summed E-state index contributed by atoms with van der Waals surface area (Å²) in [6.07, 6.45) is -0.446. The maximum absolute atomic E-state index is 13.6. The van der Waals surface area contributed by atoms with Gasteiger partial charge < -0.3 is 15.4 Å². The van der Waals surface area contributed by atoms with E-state index in [0.29, 0.717) is 11.3 Å². The Balaban J connectivity index is 1.37. The maximum Gasteiger partial charge on any atom is 0.262 e. The van der Waals surface area contributed by atoms with Gasteiger partial charge in [0.1, 0.15) is 11.9 Å². The molecule has 186 valence electrons. The Hall–Kier alpha value is -4.58. The molecule has 0 fully saturated rings. The van der Waals surface area contributed by atoms with Gasteiger partial charge in [-0.1, -0.05) is 48.0 Å². The summed E-state index contributed by atoms with van der Waals surface area (Å²) in [5.41, 5.74) is 7.17. The van der Waals surface area contributed by atoms with Crippen LogP contribution >= 0.6 is 0 Å². The molecule has 0 saturated carbocycles. The highest BCUT2D eigenvalue weighted by Crippen LogP contribution is 2.37. The van der Waals surface area contributed by atoms with Crippen molar-refractivity contribution in [2.45, 2.75) is 26.9 Å². The fourth-order valence-corrected chi connectivity index (χ4v) is 4.40. The first-order chi connectivity index (χ1) is 17.9. The molecule has 2 amide bonds. The molecule has 0 aliphatic carbocycles. The fraction of sp³-hybridized carbons (Fsp3) is 0.161. The van der Waals surface area contributed by atoms with Crippen molar-refractivity contribution < 1.29 is 14.3 Å². The van der Waals surface area contributed by atoms with E-state index in [1.165, 1.54) is 5.56 Å². The van der Waals surface area contributed by atoms with E-state index in [1.807, 2.05) is 112 Å². The molecule has 1 aliphatic rings. The summed E-state index contributed by atoms with van der Waals surface area (Å²) in [5, 5.41) is 6.39. The SMILES string of the molecule is Cc1ccc(N2C(=O)c3ccccc3N[C@@H]2c2cccc(OCC(=O)Nc3ccc(C)c(C)c3)c2)cc1. The molecule has 6 heteroatoms. The lowest BCUT2D eigenvalue weighted by molar-refractivity contribution is -0.118. The van der Waals surface area contributed by atoms with Gasteiger partial charge in [-0.05, 0) is 86.0 Å². The summed E-state index contributed by atoms with van der Waals surface area (Å²) in [6.45, 7) is 5.93. The maximum atomic E-state index is 13.6. The molecule has 6 nitrogen and oxygen atoms in total.